The molecule has 1 amide bonds. The minimum Gasteiger partial charge on any atom is -0.496 e. The standard InChI is InChI=1S/C22H22ClN3O2/c1-28-21-5-3-2-4-17(21)14-26-20-12-18(13-24-15-20)22(27)25-11-10-16-6-8-19(23)9-7-16/h2-9,12-13,15,26H,10-11,14H2,1H3,(H,25,27). The highest BCUT2D eigenvalue weighted by Gasteiger charge is 2.08. The molecular weight excluding hydrogens is 374 g/mol. The normalized spacial score (nSPS) is 10.4. The molecule has 0 unspecified atom stereocenters. The molecular formula is C22H22ClN3O2. The second-order valence-corrected chi connectivity index (χ2v) is 6.70. The maximum absolute atomic E-state index is 12.4. The quantitative estimate of drug-likeness (QED) is 0.596. The number of ether oxygens (including phenoxy) is 1. The molecule has 2 aromatic carbocycles. The average Bonchev–Trinajstić information content (AvgIpc) is 2.74. The van der Waals surface area contributed by atoms with Gasteiger partial charge in [0.2, 0.25) is 0 Å². The lowest BCUT2D eigenvalue weighted by Crippen LogP contribution is -2.25. The van der Waals surface area contributed by atoms with Crippen LogP contribution in [0.25, 0.3) is 0 Å². The van der Waals surface area contributed by atoms with E-state index in [4.69, 9.17) is 16.3 Å². The molecule has 0 aliphatic heterocycles. The zero-order valence-corrected chi connectivity index (χ0v) is 16.4. The van der Waals surface area contributed by atoms with Crippen LogP contribution in [0.2, 0.25) is 5.02 Å². The van der Waals surface area contributed by atoms with Gasteiger partial charge in [-0.3, -0.25) is 9.78 Å². The fraction of sp³-hybridized carbons (Fsp3) is 0.182. The smallest absolute Gasteiger partial charge is 0.252 e. The van der Waals surface area contributed by atoms with E-state index in [9.17, 15) is 4.79 Å². The summed E-state index contributed by atoms with van der Waals surface area (Å²) in [6.07, 6.45) is 3.99. The summed E-state index contributed by atoms with van der Waals surface area (Å²) in [5, 5.41) is 6.91. The number of benzene rings is 2. The van der Waals surface area contributed by atoms with Crippen molar-refractivity contribution < 1.29 is 9.53 Å². The lowest BCUT2D eigenvalue weighted by Gasteiger charge is -2.11. The van der Waals surface area contributed by atoms with E-state index in [1.54, 1.807) is 25.6 Å². The van der Waals surface area contributed by atoms with Gasteiger partial charge < -0.3 is 15.4 Å². The Hall–Kier alpha value is -3.05. The number of carbonyl (C=O) groups excluding carboxylic acids is 1. The van der Waals surface area contributed by atoms with E-state index < -0.39 is 0 Å². The SMILES string of the molecule is COc1ccccc1CNc1cncc(C(=O)NCCc2ccc(Cl)cc2)c1. The Balaban J connectivity index is 1.54. The lowest BCUT2D eigenvalue weighted by molar-refractivity contribution is 0.0954. The summed E-state index contributed by atoms with van der Waals surface area (Å²) in [5.41, 5.74) is 3.44. The van der Waals surface area contributed by atoms with Gasteiger partial charge in [0, 0.05) is 36.1 Å². The fourth-order valence-electron chi connectivity index (χ4n) is 2.78. The molecule has 0 aliphatic carbocycles. The third-order valence-electron chi connectivity index (χ3n) is 4.29. The van der Waals surface area contributed by atoms with Crippen LogP contribution in [0.4, 0.5) is 5.69 Å². The van der Waals surface area contributed by atoms with E-state index in [-0.39, 0.29) is 5.91 Å². The van der Waals surface area contributed by atoms with Crippen LogP contribution in [-0.2, 0) is 13.0 Å². The van der Waals surface area contributed by atoms with Crippen LogP contribution < -0.4 is 15.4 Å². The highest BCUT2D eigenvalue weighted by atomic mass is 35.5. The van der Waals surface area contributed by atoms with Crippen molar-refractivity contribution in [3.63, 3.8) is 0 Å². The van der Waals surface area contributed by atoms with Crippen molar-refractivity contribution in [1.29, 1.82) is 0 Å². The molecule has 0 radical (unpaired) electrons. The molecule has 28 heavy (non-hydrogen) atoms. The Kier molecular flexibility index (Phi) is 6.87. The molecule has 1 heterocycles. The van der Waals surface area contributed by atoms with Crippen LogP contribution in [0.3, 0.4) is 0 Å². The van der Waals surface area contributed by atoms with Gasteiger partial charge in [-0.15, -0.1) is 0 Å². The highest BCUT2D eigenvalue weighted by molar-refractivity contribution is 6.30. The molecule has 0 saturated carbocycles. The summed E-state index contributed by atoms with van der Waals surface area (Å²) >= 11 is 5.88. The van der Waals surface area contributed by atoms with E-state index in [1.807, 2.05) is 48.5 Å². The summed E-state index contributed by atoms with van der Waals surface area (Å²) in [5.74, 6) is 0.668. The van der Waals surface area contributed by atoms with Crippen molar-refractivity contribution in [2.24, 2.45) is 0 Å². The molecule has 0 saturated heterocycles. The van der Waals surface area contributed by atoms with Crippen LogP contribution in [0.1, 0.15) is 21.5 Å². The van der Waals surface area contributed by atoms with Crippen molar-refractivity contribution in [3.05, 3.63) is 88.7 Å². The van der Waals surface area contributed by atoms with E-state index in [2.05, 4.69) is 15.6 Å². The molecule has 3 aromatic rings. The number of para-hydroxylation sites is 1. The Morgan fingerprint density at radius 2 is 1.89 bits per heavy atom. The molecule has 0 atom stereocenters. The number of anilines is 1. The maximum Gasteiger partial charge on any atom is 0.252 e. The highest BCUT2D eigenvalue weighted by Crippen LogP contribution is 2.19. The van der Waals surface area contributed by atoms with Crippen molar-refractivity contribution >= 4 is 23.2 Å². The molecule has 2 N–H and O–H groups in total. The van der Waals surface area contributed by atoms with E-state index in [1.165, 1.54) is 0 Å². The van der Waals surface area contributed by atoms with Crippen LogP contribution in [0.15, 0.2) is 67.0 Å². The van der Waals surface area contributed by atoms with Gasteiger partial charge >= 0.3 is 0 Å². The number of amides is 1. The summed E-state index contributed by atoms with van der Waals surface area (Å²) < 4.78 is 5.36. The fourth-order valence-corrected chi connectivity index (χ4v) is 2.91. The Morgan fingerprint density at radius 1 is 1.11 bits per heavy atom. The third kappa shape index (κ3) is 5.47. The van der Waals surface area contributed by atoms with Gasteiger partial charge in [0.25, 0.3) is 5.91 Å². The Morgan fingerprint density at radius 3 is 2.68 bits per heavy atom. The Labute approximate surface area is 169 Å². The molecule has 1 aromatic heterocycles. The van der Waals surface area contributed by atoms with Crippen molar-refractivity contribution in [2.45, 2.75) is 13.0 Å². The molecule has 5 nitrogen and oxygen atoms in total. The minimum absolute atomic E-state index is 0.151. The van der Waals surface area contributed by atoms with Gasteiger partial charge in [-0.1, -0.05) is 41.9 Å². The monoisotopic (exact) mass is 395 g/mol. The van der Waals surface area contributed by atoms with Gasteiger partial charge in [0.1, 0.15) is 5.75 Å². The first-order valence-corrected chi connectivity index (χ1v) is 9.37. The molecule has 0 aliphatic rings. The topological polar surface area (TPSA) is 63.2 Å². The summed E-state index contributed by atoms with van der Waals surface area (Å²) in [4.78, 5) is 16.6. The molecule has 0 bridgehead atoms. The second kappa shape index (κ2) is 9.76. The van der Waals surface area contributed by atoms with Crippen LogP contribution >= 0.6 is 11.6 Å². The predicted molar refractivity (Wildman–Crippen MR) is 112 cm³/mol. The largest absolute Gasteiger partial charge is 0.496 e. The first kappa shape index (κ1) is 19.7. The zero-order valence-electron chi connectivity index (χ0n) is 15.6. The van der Waals surface area contributed by atoms with Gasteiger partial charge in [-0.05, 0) is 36.2 Å². The number of hydrogen-bond donors (Lipinski definition) is 2. The van der Waals surface area contributed by atoms with Crippen LogP contribution in [0, 0.1) is 0 Å². The number of nitrogens with one attached hydrogen (secondary N) is 2. The summed E-state index contributed by atoms with van der Waals surface area (Å²) in [6.45, 7) is 1.12. The minimum atomic E-state index is -0.151. The van der Waals surface area contributed by atoms with Crippen LogP contribution in [-0.4, -0.2) is 24.5 Å². The van der Waals surface area contributed by atoms with E-state index >= 15 is 0 Å². The van der Waals surface area contributed by atoms with Crippen molar-refractivity contribution in [3.8, 4) is 5.75 Å². The maximum atomic E-state index is 12.4. The number of carbonyl (C=O) groups is 1. The first-order chi connectivity index (χ1) is 13.7. The summed E-state index contributed by atoms with van der Waals surface area (Å²) in [6, 6.07) is 17.2. The number of nitrogens with zero attached hydrogens (tertiary/aromatic N) is 1. The number of pyridine rings is 1. The van der Waals surface area contributed by atoms with Gasteiger partial charge in [0.05, 0.1) is 18.4 Å². The van der Waals surface area contributed by atoms with Crippen molar-refractivity contribution in [2.75, 3.05) is 19.0 Å². The van der Waals surface area contributed by atoms with E-state index in [0.717, 1.165) is 29.0 Å². The van der Waals surface area contributed by atoms with E-state index in [0.29, 0.717) is 23.7 Å². The molecule has 3 rings (SSSR count). The Bertz CT molecular complexity index is 929. The van der Waals surface area contributed by atoms with Gasteiger partial charge in [-0.2, -0.15) is 0 Å². The molecule has 144 valence electrons. The van der Waals surface area contributed by atoms with Gasteiger partial charge in [-0.25, -0.2) is 0 Å². The predicted octanol–water partition coefficient (Wildman–Crippen LogP) is 4.33. The number of halogens is 1. The lowest BCUT2D eigenvalue weighted by atomic mass is 10.1. The molecule has 0 spiro atoms. The number of methoxy groups -OCH3 is 1. The van der Waals surface area contributed by atoms with Crippen LogP contribution in [0.5, 0.6) is 5.75 Å². The third-order valence-corrected chi connectivity index (χ3v) is 4.54. The molecule has 0 fully saturated rings. The summed E-state index contributed by atoms with van der Waals surface area (Å²) in [7, 11) is 1.65. The average molecular weight is 396 g/mol. The number of rotatable bonds is 8. The zero-order chi connectivity index (χ0) is 19.8. The molecule has 6 heteroatoms. The second-order valence-electron chi connectivity index (χ2n) is 6.26. The number of aromatic nitrogens is 1. The van der Waals surface area contributed by atoms with Gasteiger partial charge in [0.15, 0.2) is 0 Å². The van der Waals surface area contributed by atoms with Crippen molar-refractivity contribution in [1.82, 2.24) is 10.3 Å². The first-order valence-electron chi connectivity index (χ1n) is 8.99. The number of hydrogen-bond acceptors (Lipinski definition) is 4.